The molecule has 0 saturated heterocycles. The Balaban J connectivity index is 2.54. The Morgan fingerprint density at radius 3 is 2.60 bits per heavy atom. The molecule has 0 unspecified atom stereocenters. The maximum absolute atomic E-state index is 5.98. The van der Waals surface area contributed by atoms with Gasteiger partial charge in [0.25, 0.3) is 0 Å². The average Bonchev–Trinajstić information content (AvgIpc) is 2.41. The monoisotopic (exact) mass is 384 g/mol. The predicted molar refractivity (Wildman–Crippen MR) is 97.3 cm³/mol. The van der Waals surface area contributed by atoms with Crippen molar-refractivity contribution in [1.29, 1.82) is 0 Å². The van der Waals surface area contributed by atoms with Crippen LogP contribution in [0.4, 0.5) is 5.69 Å². The SMILES string of the molecule is CN(C)CC#Cc1cc(CCCCCCI)ccc1N. The van der Waals surface area contributed by atoms with Crippen molar-refractivity contribution in [2.75, 3.05) is 30.8 Å². The van der Waals surface area contributed by atoms with Gasteiger partial charge >= 0.3 is 0 Å². The maximum Gasteiger partial charge on any atom is 0.0600 e. The number of hydrogen-bond acceptors (Lipinski definition) is 2. The van der Waals surface area contributed by atoms with Gasteiger partial charge in [-0.2, -0.15) is 0 Å². The predicted octanol–water partition coefficient (Wildman–Crippen LogP) is 3.72. The van der Waals surface area contributed by atoms with Crippen LogP contribution < -0.4 is 5.73 Å². The van der Waals surface area contributed by atoms with Gasteiger partial charge in [0.05, 0.1) is 6.54 Å². The van der Waals surface area contributed by atoms with Crippen molar-refractivity contribution in [3.63, 3.8) is 0 Å². The van der Waals surface area contributed by atoms with Gasteiger partial charge in [-0.05, 0) is 55.5 Å². The van der Waals surface area contributed by atoms with Crippen LogP contribution in [-0.4, -0.2) is 30.0 Å². The molecule has 1 aromatic rings. The van der Waals surface area contributed by atoms with Gasteiger partial charge in [0, 0.05) is 11.3 Å². The van der Waals surface area contributed by atoms with Gasteiger partial charge in [0.1, 0.15) is 0 Å². The number of benzene rings is 1. The summed E-state index contributed by atoms with van der Waals surface area (Å²) in [6.45, 7) is 0.764. The minimum absolute atomic E-state index is 0.764. The van der Waals surface area contributed by atoms with E-state index in [1.165, 1.54) is 35.7 Å². The molecule has 20 heavy (non-hydrogen) atoms. The van der Waals surface area contributed by atoms with Crippen LogP contribution >= 0.6 is 22.6 Å². The van der Waals surface area contributed by atoms with Crippen molar-refractivity contribution < 1.29 is 0 Å². The summed E-state index contributed by atoms with van der Waals surface area (Å²) in [4.78, 5) is 2.06. The van der Waals surface area contributed by atoms with E-state index in [1.54, 1.807) is 0 Å². The lowest BCUT2D eigenvalue weighted by Crippen LogP contribution is -2.10. The Kier molecular flexibility index (Phi) is 8.72. The van der Waals surface area contributed by atoms with Crippen molar-refractivity contribution in [1.82, 2.24) is 4.90 Å². The molecule has 0 aliphatic carbocycles. The van der Waals surface area contributed by atoms with Crippen LogP contribution in [0, 0.1) is 11.8 Å². The Hall–Kier alpha value is -0.730. The van der Waals surface area contributed by atoms with Crippen molar-refractivity contribution in [3.8, 4) is 11.8 Å². The van der Waals surface area contributed by atoms with Crippen LogP contribution in [0.2, 0.25) is 0 Å². The van der Waals surface area contributed by atoms with E-state index in [-0.39, 0.29) is 0 Å². The first-order chi connectivity index (χ1) is 9.63. The Bertz CT molecular complexity index is 458. The number of unbranched alkanes of at least 4 members (excludes halogenated alkanes) is 3. The van der Waals surface area contributed by atoms with E-state index in [0.717, 1.165) is 24.2 Å². The molecule has 2 nitrogen and oxygen atoms in total. The fourth-order valence-corrected chi connectivity index (χ4v) is 2.48. The number of nitrogens with zero attached hydrogens (tertiary/aromatic N) is 1. The zero-order valence-corrected chi connectivity index (χ0v) is 14.7. The summed E-state index contributed by atoms with van der Waals surface area (Å²) in [6.07, 6.45) is 6.38. The molecule has 0 aliphatic heterocycles. The molecule has 0 amide bonds. The second-order valence-electron chi connectivity index (χ2n) is 5.31. The molecule has 0 radical (unpaired) electrons. The summed E-state index contributed by atoms with van der Waals surface area (Å²) >= 11 is 2.44. The standard InChI is InChI=1S/C17H25IN2/c1-20(2)13-7-9-16-14-15(10-11-17(16)19)8-5-3-4-6-12-18/h10-11,14H,3-6,8,12-13,19H2,1-2H3. The number of aryl methyl sites for hydroxylation is 1. The molecule has 0 spiro atoms. The summed E-state index contributed by atoms with van der Waals surface area (Å²) in [5, 5.41) is 0. The van der Waals surface area contributed by atoms with E-state index < -0.39 is 0 Å². The third-order valence-electron chi connectivity index (χ3n) is 3.09. The highest BCUT2D eigenvalue weighted by Crippen LogP contribution is 2.15. The molecule has 1 rings (SSSR count). The Morgan fingerprint density at radius 2 is 1.90 bits per heavy atom. The number of anilines is 1. The van der Waals surface area contributed by atoms with Crippen molar-refractivity contribution >= 4 is 28.3 Å². The molecule has 2 N–H and O–H groups in total. The summed E-state index contributed by atoms with van der Waals surface area (Å²) in [5.74, 6) is 6.33. The van der Waals surface area contributed by atoms with Gasteiger partial charge in [0.15, 0.2) is 0 Å². The van der Waals surface area contributed by atoms with E-state index in [1.807, 2.05) is 20.2 Å². The minimum Gasteiger partial charge on any atom is -0.398 e. The molecule has 0 aromatic heterocycles. The smallest absolute Gasteiger partial charge is 0.0600 e. The summed E-state index contributed by atoms with van der Waals surface area (Å²) in [5.41, 5.74) is 9.09. The zero-order valence-electron chi connectivity index (χ0n) is 12.6. The van der Waals surface area contributed by atoms with Gasteiger partial charge in [-0.3, -0.25) is 4.90 Å². The number of halogens is 1. The first-order valence-electron chi connectivity index (χ1n) is 7.21. The third-order valence-corrected chi connectivity index (χ3v) is 3.85. The van der Waals surface area contributed by atoms with Gasteiger partial charge in [-0.25, -0.2) is 0 Å². The minimum atomic E-state index is 0.764. The highest BCUT2D eigenvalue weighted by Gasteiger charge is 1.99. The molecular formula is C17H25IN2. The van der Waals surface area contributed by atoms with Crippen LogP contribution in [0.5, 0.6) is 0 Å². The number of alkyl halides is 1. The van der Waals surface area contributed by atoms with E-state index in [0.29, 0.717) is 0 Å². The fourth-order valence-electron chi connectivity index (χ4n) is 1.94. The lowest BCUT2D eigenvalue weighted by atomic mass is 10.0. The lowest BCUT2D eigenvalue weighted by molar-refractivity contribution is 0.464. The largest absolute Gasteiger partial charge is 0.398 e. The molecule has 0 atom stereocenters. The third kappa shape index (κ3) is 7.16. The number of rotatable bonds is 7. The quantitative estimate of drug-likeness (QED) is 0.255. The second-order valence-corrected chi connectivity index (χ2v) is 6.39. The summed E-state index contributed by atoms with van der Waals surface area (Å²) in [7, 11) is 4.04. The maximum atomic E-state index is 5.98. The Morgan fingerprint density at radius 1 is 1.15 bits per heavy atom. The van der Waals surface area contributed by atoms with Crippen LogP contribution in [0.15, 0.2) is 18.2 Å². The van der Waals surface area contributed by atoms with Gasteiger partial charge in [0.2, 0.25) is 0 Å². The van der Waals surface area contributed by atoms with E-state index in [2.05, 4.69) is 51.5 Å². The normalized spacial score (nSPS) is 10.4. The molecule has 0 heterocycles. The van der Waals surface area contributed by atoms with Gasteiger partial charge < -0.3 is 5.73 Å². The highest BCUT2D eigenvalue weighted by atomic mass is 127. The van der Waals surface area contributed by atoms with Crippen molar-refractivity contribution in [3.05, 3.63) is 29.3 Å². The van der Waals surface area contributed by atoms with Crippen molar-refractivity contribution in [2.45, 2.75) is 32.1 Å². The molecule has 0 bridgehead atoms. The van der Waals surface area contributed by atoms with Crippen LogP contribution in [-0.2, 0) is 6.42 Å². The Labute approximate surface area is 137 Å². The van der Waals surface area contributed by atoms with Crippen molar-refractivity contribution in [2.24, 2.45) is 0 Å². The number of hydrogen-bond donors (Lipinski definition) is 1. The first kappa shape index (κ1) is 17.3. The molecule has 110 valence electrons. The first-order valence-corrected chi connectivity index (χ1v) is 8.74. The van der Waals surface area contributed by atoms with E-state index in [9.17, 15) is 0 Å². The average molecular weight is 384 g/mol. The fraction of sp³-hybridized carbons (Fsp3) is 0.529. The molecule has 0 fully saturated rings. The molecule has 3 heteroatoms. The van der Waals surface area contributed by atoms with Crippen LogP contribution in [0.3, 0.4) is 0 Å². The lowest BCUT2D eigenvalue weighted by Gasteiger charge is -2.05. The van der Waals surface area contributed by atoms with E-state index >= 15 is 0 Å². The summed E-state index contributed by atoms with van der Waals surface area (Å²) in [6, 6.07) is 6.26. The summed E-state index contributed by atoms with van der Waals surface area (Å²) < 4.78 is 1.27. The van der Waals surface area contributed by atoms with Gasteiger partial charge in [-0.15, -0.1) is 0 Å². The molecule has 0 saturated carbocycles. The van der Waals surface area contributed by atoms with E-state index in [4.69, 9.17) is 5.73 Å². The molecular weight excluding hydrogens is 359 g/mol. The zero-order chi connectivity index (χ0) is 14.8. The van der Waals surface area contributed by atoms with Gasteiger partial charge in [-0.1, -0.05) is 53.3 Å². The second kappa shape index (κ2) is 10.1. The number of nitrogen functional groups attached to an aromatic ring is 1. The topological polar surface area (TPSA) is 29.3 Å². The van der Waals surface area contributed by atoms with Crippen LogP contribution in [0.25, 0.3) is 0 Å². The van der Waals surface area contributed by atoms with Crippen LogP contribution in [0.1, 0.15) is 36.8 Å². The highest BCUT2D eigenvalue weighted by molar-refractivity contribution is 14.1. The molecule has 1 aromatic carbocycles. The molecule has 0 aliphatic rings. The number of nitrogens with two attached hydrogens (primary N) is 1.